The summed E-state index contributed by atoms with van der Waals surface area (Å²) in [5.74, 6) is -0.658. The number of carbonyl (C=O) groups is 1. The van der Waals surface area contributed by atoms with Crippen molar-refractivity contribution in [3.63, 3.8) is 0 Å². The van der Waals surface area contributed by atoms with E-state index in [-0.39, 0.29) is 21.2 Å². The van der Waals surface area contributed by atoms with E-state index in [9.17, 15) is 26.4 Å². The highest BCUT2D eigenvalue weighted by Gasteiger charge is 2.31. The van der Waals surface area contributed by atoms with Gasteiger partial charge in [-0.15, -0.1) is 0 Å². The van der Waals surface area contributed by atoms with E-state index >= 15 is 0 Å². The quantitative estimate of drug-likeness (QED) is 0.779. The fraction of sp³-hybridized carbons (Fsp3) is 0.278. The van der Waals surface area contributed by atoms with E-state index < -0.39 is 27.7 Å². The average molecular weight is 433 g/mol. The van der Waals surface area contributed by atoms with Crippen molar-refractivity contribution < 1.29 is 26.4 Å². The van der Waals surface area contributed by atoms with Crippen molar-refractivity contribution >= 4 is 33.2 Å². The lowest BCUT2D eigenvalue weighted by Gasteiger charge is -2.17. The molecule has 1 N–H and O–H groups in total. The standard InChI is InChI=1S/C18H16ClF3N2O3S/c19-15-8-3-12(11-16(15)28(26,27)24-9-1-2-10-24)17(25)23-14-6-4-13(5-7-14)18(20,21)22/h3-8,11H,1-2,9-10H2,(H,23,25). The average Bonchev–Trinajstić information content (AvgIpc) is 3.17. The molecule has 0 saturated carbocycles. The number of anilines is 1. The van der Waals surface area contributed by atoms with Crippen molar-refractivity contribution in [3.8, 4) is 0 Å². The smallest absolute Gasteiger partial charge is 0.322 e. The minimum atomic E-state index is -4.47. The van der Waals surface area contributed by atoms with Crippen LogP contribution in [0.5, 0.6) is 0 Å². The van der Waals surface area contributed by atoms with Crippen LogP contribution in [0.25, 0.3) is 0 Å². The molecule has 1 heterocycles. The molecule has 150 valence electrons. The van der Waals surface area contributed by atoms with E-state index in [1.54, 1.807) is 0 Å². The molecular weight excluding hydrogens is 417 g/mol. The zero-order valence-electron chi connectivity index (χ0n) is 14.5. The Morgan fingerprint density at radius 3 is 2.21 bits per heavy atom. The second kappa shape index (κ2) is 7.73. The van der Waals surface area contributed by atoms with E-state index in [0.29, 0.717) is 13.1 Å². The van der Waals surface area contributed by atoms with Crippen molar-refractivity contribution in [2.24, 2.45) is 0 Å². The largest absolute Gasteiger partial charge is 0.416 e. The van der Waals surface area contributed by atoms with Crippen molar-refractivity contribution in [1.82, 2.24) is 4.31 Å². The predicted molar refractivity (Wildman–Crippen MR) is 98.8 cm³/mol. The maximum absolute atomic E-state index is 12.7. The molecule has 1 aliphatic rings. The van der Waals surface area contributed by atoms with Crippen LogP contribution in [-0.2, 0) is 16.2 Å². The van der Waals surface area contributed by atoms with Gasteiger partial charge in [-0.1, -0.05) is 11.6 Å². The van der Waals surface area contributed by atoms with Crippen LogP contribution in [0.3, 0.4) is 0 Å². The summed E-state index contributed by atoms with van der Waals surface area (Å²) in [6.45, 7) is 0.779. The Morgan fingerprint density at radius 2 is 1.64 bits per heavy atom. The van der Waals surface area contributed by atoms with Gasteiger partial charge in [0.05, 0.1) is 10.6 Å². The van der Waals surface area contributed by atoms with Gasteiger partial charge in [0.1, 0.15) is 4.90 Å². The Kier molecular flexibility index (Phi) is 5.69. The van der Waals surface area contributed by atoms with Gasteiger partial charge in [-0.3, -0.25) is 4.79 Å². The number of carbonyl (C=O) groups excluding carboxylic acids is 1. The van der Waals surface area contributed by atoms with Crippen molar-refractivity contribution in [1.29, 1.82) is 0 Å². The summed E-state index contributed by atoms with van der Waals surface area (Å²) in [6, 6.07) is 7.78. The monoisotopic (exact) mass is 432 g/mol. The number of nitrogens with zero attached hydrogens (tertiary/aromatic N) is 1. The van der Waals surface area contributed by atoms with Crippen LogP contribution < -0.4 is 5.32 Å². The summed E-state index contributed by atoms with van der Waals surface area (Å²) in [5, 5.41) is 2.44. The molecule has 0 spiro atoms. The van der Waals surface area contributed by atoms with Crippen LogP contribution in [0.15, 0.2) is 47.4 Å². The third-order valence-corrected chi connectivity index (χ3v) is 6.73. The van der Waals surface area contributed by atoms with Crippen LogP contribution in [0.2, 0.25) is 5.02 Å². The first-order valence-electron chi connectivity index (χ1n) is 8.37. The molecule has 1 fully saturated rings. The van der Waals surface area contributed by atoms with Crippen LogP contribution in [0, 0.1) is 0 Å². The first-order chi connectivity index (χ1) is 13.1. The van der Waals surface area contributed by atoms with Crippen LogP contribution in [0.1, 0.15) is 28.8 Å². The molecule has 0 radical (unpaired) electrons. The fourth-order valence-electron chi connectivity index (χ4n) is 2.86. The van der Waals surface area contributed by atoms with Crippen LogP contribution in [-0.4, -0.2) is 31.7 Å². The third kappa shape index (κ3) is 4.31. The molecule has 0 unspecified atom stereocenters. The number of hydrogen-bond donors (Lipinski definition) is 1. The van der Waals surface area contributed by atoms with E-state index in [4.69, 9.17) is 11.6 Å². The number of amides is 1. The van der Waals surface area contributed by atoms with E-state index in [1.165, 1.54) is 22.5 Å². The van der Waals surface area contributed by atoms with Crippen molar-refractivity contribution in [2.75, 3.05) is 18.4 Å². The summed E-state index contributed by atoms with van der Waals surface area (Å²) in [4.78, 5) is 12.3. The normalized spacial score (nSPS) is 15.6. The van der Waals surface area contributed by atoms with Crippen molar-refractivity contribution in [2.45, 2.75) is 23.9 Å². The Hall–Kier alpha value is -2.10. The van der Waals surface area contributed by atoms with E-state index in [2.05, 4.69) is 5.32 Å². The fourth-order valence-corrected chi connectivity index (χ4v) is 4.87. The summed E-state index contributed by atoms with van der Waals surface area (Å²) < 4.78 is 64.6. The van der Waals surface area contributed by atoms with Crippen LogP contribution in [0.4, 0.5) is 18.9 Å². The lowest BCUT2D eigenvalue weighted by molar-refractivity contribution is -0.137. The highest BCUT2D eigenvalue weighted by atomic mass is 35.5. The Bertz CT molecular complexity index is 986. The van der Waals surface area contributed by atoms with Gasteiger partial charge >= 0.3 is 6.18 Å². The zero-order valence-corrected chi connectivity index (χ0v) is 16.0. The minimum Gasteiger partial charge on any atom is -0.322 e. The molecule has 0 bridgehead atoms. The number of benzene rings is 2. The highest BCUT2D eigenvalue weighted by molar-refractivity contribution is 7.89. The van der Waals surface area contributed by atoms with Gasteiger partial charge in [-0.05, 0) is 55.3 Å². The maximum Gasteiger partial charge on any atom is 0.416 e. The van der Waals surface area contributed by atoms with Gasteiger partial charge in [-0.2, -0.15) is 17.5 Å². The molecule has 0 atom stereocenters. The first-order valence-corrected chi connectivity index (χ1v) is 10.2. The van der Waals surface area contributed by atoms with Gasteiger partial charge in [0.15, 0.2) is 0 Å². The van der Waals surface area contributed by atoms with Crippen molar-refractivity contribution in [3.05, 3.63) is 58.6 Å². The molecule has 28 heavy (non-hydrogen) atoms. The molecule has 1 aliphatic heterocycles. The van der Waals surface area contributed by atoms with Gasteiger partial charge in [0, 0.05) is 24.3 Å². The number of hydrogen-bond acceptors (Lipinski definition) is 3. The summed E-state index contributed by atoms with van der Waals surface area (Å²) in [5.41, 5.74) is -0.657. The predicted octanol–water partition coefficient (Wildman–Crippen LogP) is 4.40. The molecule has 1 saturated heterocycles. The lowest BCUT2D eigenvalue weighted by atomic mass is 10.1. The number of halogens is 4. The summed E-state index contributed by atoms with van der Waals surface area (Å²) >= 11 is 6.04. The molecule has 1 amide bonds. The highest BCUT2D eigenvalue weighted by Crippen LogP contribution is 2.30. The molecular formula is C18H16ClF3N2O3S. The SMILES string of the molecule is O=C(Nc1ccc(C(F)(F)F)cc1)c1ccc(Cl)c(S(=O)(=O)N2CCCC2)c1. The molecule has 0 aromatic heterocycles. The Balaban J connectivity index is 1.83. The molecule has 0 aliphatic carbocycles. The van der Waals surface area contributed by atoms with Gasteiger partial charge in [0.25, 0.3) is 5.91 Å². The second-order valence-electron chi connectivity index (χ2n) is 6.29. The number of nitrogens with one attached hydrogen (secondary N) is 1. The first kappa shape index (κ1) is 20.6. The maximum atomic E-state index is 12.7. The minimum absolute atomic E-state index is 0.00187. The van der Waals surface area contributed by atoms with Crippen LogP contribution >= 0.6 is 11.6 Å². The van der Waals surface area contributed by atoms with E-state index in [1.807, 2.05) is 0 Å². The topological polar surface area (TPSA) is 66.5 Å². The van der Waals surface area contributed by atoms with E-state index in [0.717, 1.165) is 37.1 Å². The Morgan fingerprint density at radius 1 is 1.04 bits per heavy atom. The molecule has 3 rings (SSSR count). The van der Waals surface area contributed by atoms with Gasteiger partial charge in [-0.25, -0.2) is 8.42 Å². The molecule has 2 aromatic carbocycles. The molecule has 5 nitrogen and oxygen atoms in total. The lowest BCUT2D eigenvalue weighted by Crippen LogP contribution is -2.28. The summed E-state index contributed by atoms with van der Waals surface area (Å²) in [7, 11) is -3.82. The number of alkyl halides is 3. The van der Waals surface area contributed by atoms with Gasteiger partial charge in [0.2, 0.25) is 10.0 Å². The molecule has 10 heteroatoms. The Labute approximate surface area is 165 Å². The molecule has 2 aromatic rings. The third-order valence-electron chi connectivity index (χ3n) is 4.35. The second-order valence-corrected chi connectivity index (χ2v) is 8.60. The summed E-state index contributed by atoms with van der Waals surface area (Å²) in [6.07, 6.45) is -2.96. The zero-order chi connectivity index (χ0) is 20.5. The number of rotatable bonds is 4. The number of sulfonamides is 1. The van der Waals surface area contributed by atoms with Gasteiger partial charge < -0.3 is 5.32 Å².